The van der Waals surface area contributed by atoms with Crippen molar-refractivity contribution in [3.05, 3.63) is 53.1 Å². The number of benzene rings is 1. The van der Waals surface area contributed by atoms with Crippen LogP contribution in [0.3, 0.4) is 0 Å². The minimum absolute atomic E-state index is 0.152. The first-order valence-electron chi connectivity index (χ1n) is 6.98. The SMILES string of the molecule is Cc1ccc(/C=C/C2=CC(=O)[C@H]3C[C@@H]2C3(C)C)cc1. The van der Waals surface area contributed by atoms with E-state index in [-0.39, 0.29) is 11.3 Å². The third kappa shape index (κ3) is 1.98. The zero-order valence-electron chi connectivity index (χ0n) is 11.8. The van der Waals surface area contributed by atoms with Gasteiger partial charge < -0.3 is 0 Å². The van der Waals surface area contributed by atoms with E-state index in [0.29, 0.717) is 11.7 Å². The van der Waals surface area contributed by atoms with Gasteiger partial charge in [-0.1, -0.05) is 55.8 Å². The lowest BCUT2D eigenvalue weighted by atomic mass is 9.48. The molecular formula is C18H20O. The van der Waals surface area contributed by atoms with Crippen LogP contribution in [0.2, 0.25) is 0 Å². The highest BCUT2D eigenvalue weighted by Crippen LogP contribution is 2.58. The Bertz CT molecular complexity index is 572. The molecule has 0 amide bonds. The molecule has 3 aliphatic rings. The molecule has 1 aromatic rings. The summed E-state index contributed by atoms with van der Waals surface area (Å²) in [6.45, 7) is 6.53. The van der Waals surface area contributed by atoms with E-state index >= 15 is 0 Å². The summed E-state index contributed by atoms with van der Waals surface area (Å²) in [5.74, 6) is 1.13. The Hall–Kier alpha value is -1.63. The molecule has 1 saturated carbocycles. The average molecular weight is 252 g/mol. The lowest BCUT2D eigenvalue weighted by Crippen LogP contribution is -2.52. The highest BCUT2D eigenvalue weighted by Gasteiger charge is 2.54. The van der Waals surface area contributed by atoms with Crippen LogP contribution in [-0.2, 0) is 4.79 Å². The number of fused-ring (bicyclic) bond motifs is 1. The minimum atomic E-state index is 0.152. The molecule has 1 fully saturated rings. The van der Waals surface area contributed by atoms with E-state index in [9.17, 15) is 4.79 Å². The second-order valence-corrected chi connectivity index (χ2v) is 6.45. The van der Waals surface area contributed by atoms with E-state index in [1.807, 2.05) is 6.08 Å². The van der Waals surface area contributed by atoms with Gasteiger partial charge in [-0.05, 0) is 41.9 Å². The molecule has 2 bridgehead atoms. The van der Waals surface area contributed by atoms with E-state index in [2.05, 4.69) is 57.2 Å². The first kappa shape index (κ1) is 12.4. The van der Waals surface area contributed by atoms with Gasteiger partial charge in [-0.2, -0.15) is 0 Å². The summed E-state index contributed by atoms with van der Waals surface area (Å²) >= 11 is 0. The van der Waals surface area contributed by atoms with E-state index in [0.717, 1.165) is 6.42 Å². The van der Waals surface area contributed by atoms with E-state index in [1.54, 1.807) is 0 Å². The van der Waals surface area contributed by atoms with E-state index in [1.165, 1.54) is 16.7 Å². The lowest BCUT2D eigenvalue weighted by Gasteiger charge is -2.54. The van der Waals surface area contributed by atoms with E-state index < -0.39 is 0 Å². The summed E-state index contributed by atoms with van der Waals surface area (Å²) in [6, 6.07) is 8.46. The Kier molecular flexibility index (Phi) is 2.74. The van der Waals surface area contributed by atoms with Crippen LogP contribution < -0.4 is 0 Å². The quantitative estimate of drug-likeness (QED) is 0.771. The van der Waals surface area contributed by atoms with Crippen molar-refractivity contribution in [1.29, 1.82) is 0 Å². The molecule has 98 valence electrons. The Balaban J connectivity index is 1.84. The van der Waals surface area contributed by atoms with Crippen LogP contribution in [0.4, 0.5) is 0 Å². The number of rotatable bonds is 2. The predicted molar refractivity (Wildman–Crippen MR) is 78.7 cm³/mol. The Morgan fingerprint density at radius 1 is 1.11 bits per heavy atom. The molecule has 0 spiro atoms. The molecule has 1 nitrogen and oxygen atoms in total. The molecule has 4 rings (SSSR count). The summed E-state index contributed by atoms with van der Waals surface area (Å²) in [6.07, 6.45) is 7.14. The molecule has 3 aliphatic carbocycles. The van der Waals surface area contributed by atoms with Crippen LogP contribution in [0.5, 0.6) is 0 Å². The molecule has 1 aromatic carbocycles. The molecule has 19 heavy (non-hydrogen) atoms. The average Bonchev–Trinajstić information content (AvgIpc) is 2.37. The van der Waals surface area contributed by atoms with Gasteiger partial charge in [0.25, 0.3) is 0 Å². The molecule has 1 heteroatoms. The van der Waals surface area contributed by atoms with Crippen LogP contribution in [0.15, 0.2) is 42.0 Å². The maximum atomic E-state index is 12.0. The number of allylic oxidation sites excluding steroid dienone is 3. The van der Waals surface area contributed by atoms with Gasteiger partial charge in [-0.3, -0.25) is 4.79 Å². The van der Waals surface area contributed by atoms with Crippen molar-refractivity contribution in [1.82, 2.24) is 0 Å². The highest BCUT2D eigenvalue weighted by molar-refractivity contribution is 5.96. The first-order valence-corrected chi connectivity index (χ1v) is 6.98. The summed E-state index contributed by atoms with van der Waals surface area (Å²) in [5, 5.41) is 0. The van der Waals surface area contributed by atoms with Gasteiger partial charge in [0.05, 0.1) is 0 Å². The fraction of sp³-hybridized carbons (Fsp3) is 0.389. The van der Waals surface area contributed by atoms with E-state index in [4.69, 9.17) is 0 Å². The fourth-order valence-electron chi connectivity index (χ4n) is 3.37. The lowest BCUT2D eigenvalue weighted by molar-refractivity contribution is -0.133. The fourth-order valence-corrected chi connectivity index (χ4v) is 3.37. The third-order valence-electron chi connectivity index (χ3n) is 4.87. The van der Waals surface area contributed by atoms with Crippen molar-refractivity contribution in [2.24, 2.45) is 17.3 Å². The van der Waals surface area contributed by atoms with Gasteiger partial charge >= 0.3 is 0 Å². The summed E-state index contributed by atoms with van der Waals surface area (Å²) in [4.78, 5) is 12.0. The molecular weight excluding hydrogens is 232 g/mol. The second kappa shape index (κ2) is 4.19. The zero-order chi connectivity index (χ0) is 13.6. The molecule has 0 radical (unpaired) electrons. The number of ketones is 1. The second-order valence-electron chi connectivity index (χ2n) is 6.45. The smallest absolute Gasteiger partial charge is 0.159 e. The van der Waals surface area contributed by atoms with Gasteiger partial charge in [0.2, 0.25) is 0 Å². The normalized spacial score (nSPS) is 28.2. The van der Waals surface area contributed by atoms with Gasteiger partial charge in [-0.15, -0.1) is 0 Å². The summed E-state index contributed by atoms with van der Waals surface area (Å²) in [5.41, 5.74) is 3.82. The third-order valence-corrected chi connectivity index (χ3v) is 4.87. The standard InChI is InChI=1S/C18H20O/c1-12-4-6-13(7-5-12)8-9-14-10-17(19)16-11-15(14)18(16,2)3/h4-10,15-16H,11H2,1-3H3/b9-8+/t15-,16+/m0/s1. The monoisotopic (exact) mass is 252 g/mol. The summed E-state index contributed by atoms with van der Waals surface area (Å²) < 4.78 is 0. The van der Waals surface area contributed by atoms with Gasteiger partial charge in [0.1, 0.15) is 0 Å². The van der Waals surface area contributed by atoms with Gasteiger partial charge in [0, 0.05) is 5.92 Å². The van der Waals surface area contributed by atoms with Crippen LogP contribution >= 0.6 is 0 Å². The van der Waals surface area contributed by atoms with Crippen molar-refractivity contribution in [2.75, 3.05) is 0 Å². The number of carbonyl (C=O) groups excluding carboxylic acids is 1. The van der Waals surface area contributed by atoms with Gasteiger partial charge in [-0.25, -0.2) is 0 Å². The predicted octanol–water partition coefficient (Wildman–Crippen LogP) is 4.18. The van der Waals surface area contributed by atoms with Gasteiger partial charge in [0.15, 0.2) is 5.78 Å². The van der Waals surface area contributed by atoms with Crippen LogP contribution in [0.1, 0.15) is 31.4 Å². The molecule has 0 aromatic heterocycles. The molecule has 0 N–H and O–H groups in total. The summed E-state index contributed by atoms with van der Waals surface area (Å²) in [7, 11) is 0. The number of carbonyl (C=O) groups is 1. The zero-order valence-corrected chi connectivity index (χ0v) is 11.8. The number of aryl methyl sites for hydroxylation is 1. The first-order chi connectivity index (χ1) is 8.98. The van der Waals surface area contributed by atoms with Crippen LogP contribution in [0.25, 0.3) is 6.08 Å². The Labute approximate surface area is 115 Å². The van der Waals surface area contributed by atoms with Crippen molar-refractivity contribution in [3.63, 3.8) is 0 Å². The topological polar surface area (TPSA) is 17.1 Å². The molecule has 0 unspecified atom stereocenters. The number of hydrogen-bond donors (Lipinski definition) is 0. The largest absolute Gasteiger partial charge is 0.295 e. The highest BCUT2D eigenvalue weighted by atomic mass is 16.1. The molecule has 2 atom stereocenters. The Morgan fingerprint density at radius 2 is 1.79 bits per heavy atom. The molecule has 0 saturated heterocycles. The van der Waals surface area contributed by atoms with Crippen LogP contribution in [0, 0.1) is 24.2 Å². The van der Waals surface area contributed by atoms with Crippen molar-refractivity contribution >= 4 is 11.9 Å². The van der Waals surface area contributed by atoms with Crippen molar-refractivity contribution in [3.8, 4) is 0 Å². The maximum Gasteiger partial charge on any atom is 0.159 e. The van der Waals surface area contributed by atoms with Crippen molar-refractivity contribution in [2.45, 2.75) is 27.2 Å². The molecule has 0 aliphatic heterocycles. The van der Waals surface area contributed by atoms with Crippen molar-refractivity contribution < 1.29 is 4.79 Å². The minimum Gasteiger partial charge on any atom is -0.295 e. The number of hydrogen-bond acceptors (Lipinski definition) is 1. The van der Waals surface area contributed by atoms with Crippen LogP contribution in [-0.4, -0.2) is 5.78 Å². The Morgan fingerprint density at radius 3 is 2.37 bits per heavy atom. The molecule has 0 heterocycles. The maximum absolute atomic E-state index is 12.0.